The normalized spacial score (nSPS) is 12.8. The number of hydrogen-bond donors (Lipinski definition) is 3. The summed E-state index contributed by atoms with van der Waals surface area (Å²) in [5, 5.41) is 4.41. The van der Waals surface area contributed by atoms with Crippen LogP contribution in [0.25, 0.3) is 10.9 Å². The Hall–Kier alpha value is -2.64. The molecule has 3 aromatic rings. The molecule has 3 rings (SSSR count). The summed E-state index contributed by atoms with van der Waals surface area (Å²) in [4.78, 5) is 7.43. The van der Waals surface area contributed by atoms with Crippen LogP contribution in [0.15, 0.2) is 59.6 Å². The van der Waals surface area contributed by atoms with Gasteiger partial charge in [0.15, 0.2) is 0 Å². The van der Waals surface area contributed by atoms with Crippen LogP contribution in [0, 0.1) is 0 Å². The molecule has 0 fully saturated rings. The molecule has 26 heavy (non-hydrogen) atoms. The van der Waals surface area contributed by atoms with E-state index in [9.17, 15) is 8.42 Å². The average molecular weight is 370 g/mol. The van der Waals surface area contributed by atoms with Gasteiger partial charge >= 0.3 is 0 Å². The smallest absolute Gasteiger partial charge is 0.215 e. The first-order valence-electron chi connectivity index (χ1n) is 8.27. The predicted molar refractivity (Wildman–Crippen MR) is 107 cm³/mol. The highest BCUT2D eigenvalue weighted by Gasteiger charge is 2.15. The van der Waals surface area contributed by atoms with E-state index in [0.29, 0.717) is 6.54 Å². The Morgan fingerprint density at radius 3 is 2.62 bits per heavy atom. The molecule has 3 N–H and O–H groups in total. The average Bonchev–Trinajstić information content (AvgIpc) is 3.05. The number of sulfonamides is 1. The molecule has 1 atom stereocenters. The van der Waals surface area contributed by atoms with E-state index in [1.165, 1.54) is 7.05 Å². The van der Waals surface area contributed by atoms with Gasteiger partial charge in [0.2, 0.25) is 10.0 Å². The van der Waals surface area contributed by atoms with Crippen LogP contribution in [-0.2, 0) is 15.8 Å². The van der Waals surface area contributed by atoms with E-state index in [0.717, 1.165) is 27.8 Å². The van der Waals surface area contributed by atoms with Crippen molar-refractivity contribution in [3.05, 3.63) is 65.9 Å². The zero-order chi connectivity index (χ0) is 18.6. The summed E-state index contributed by atoms with van der Waals surface area (Å²) in [5.41, 5.74) is 3.67. The molecule has 0 aliphatic rings. The van der Waals surface area contributed by atoms with E-state index in [1.54, 1.807) is 0 Å². The van der Waals surface area contributed by atoms with Gasteiger partial charge in [-0.05, 0) is 49.7 Å². The molecule has 0 aliphatic carbocycles. The van der Waals surface area contributed by atoms with Crippen LogP contribution in [0.5, 0.6) is 0 Å². The third-order valence-corrected chi connectivity index (χ3v) is 5.51. The Bertz CT molecular complexity index is 997. The summed E-state index contributed by atoms with van der Waals surface area (Å²) in [6.45, 7) is 4.12. The molecular formula is C19H22N4O2S. The van der Waals surface area contributed by atoms with E-state index in [2.05, 4.69) is 26.7 Å². The van der Waals surface area contributed by atoms with Crippen molar-refractivity contribution in [3.63, 3.8) is 0 Å². The fraction of sp³-hybridized carbons (Fsp3) is 0.211. The lowest BCUT2D eigenvalue weighted by atomic mass is 10.1. The van der Waals surface area contributed by atoms with Gasteiger partial charge in [-0.1, -0.05) is 24.3 Å². The van der Waals surface area contributed by atoms with Crippen LogP contribution in [0.4, 0.5) is 5.69 Å². The lowest BCUT2D eigenvalue weighted by molar-refractivity contribution is 0.587. The minimum atomic E-state index is -3.30. The molecule has 6 nitrogen and oxygen atoms in total. The van der Waals surface area contributed by atoms with Gasteiger partial charge in [-0.2, -0.15) is 0 Å². The molecule has 1 aromatic heterocycles. The summed E-state index contributed by atoms with van der Waals surface area (Å²) < 4.78 is 25.9. The maximum absolute atomic E-state index is 11.8. The molecule has 1 unspecified atom stereocenters. The van der Waals surface area contributed by atoms with Crippen molar-refractivity contribution < 1.29 is 8.42 Å². The van der Waals surface area contributed by atoms with Gasteiger partial charge in [-0.25, -0.2) is 13.1 Å². The molecule has 0 bridgehead atoms. The fourth-order valence-electron chi connectivity index (χ4n) is 2.86. The monoisotopic (exact) mass is 370 g/mol. The third-order valence-electron chi connectivity index (χ3n) is 4.18. The quantitative estimate of drug-likeness (QED) is 0.533. The van der Waals surface area contributed by atoms with Gasteiger partial charge in [-0.3, -0.25) is 4.99 Å². The molecule has 0 amide bonds. The van der Waals surface area contributed by atoms with Crippen molar-refractivity contribution in [1.82, 2.24) is 9.71 Å². The Balaban J connectivity index is 1.89. The maximum Gasteiger partial charge on any atom is 0.215 e. The van der Waals surface area contributed by atoms with Gasteiger partial charge in [0.05, 0.1) is 18.3 Å². The van der Waals surface area contributed by atoms with Gasteiger partial charge < -0.3 is 10.3 Å². The highest BCUT2D eigenvalue weighted by molar-refractivity contribution is 7.88. The Morgan fingerprint density at radius 2 is 1.92 bits per heavy atom. The van der Waals surface area contributed by atoms with Crippen LogP contribution >= 0.6 is 0 Å². The lowest BCUT2D eigenvalue weighted by Gasteiger charge is -2.16. The van der Waals surface area contributed by atoms with Crippen LogP contribution in [0.1, 0.15) is 17.3 Å². The fourth-order valence-corrected chi connectivity index (χ4v) is 3.62. The molecule has 2 aromatic carbocycles. The first-order valence-corrected chi connectivity index (χ1v) is 9.93. The Morgan fingerprint density at radius 1 is 1.15 bits per heavy atom. The van der Waals surface area contributed by atoms with Crippen molar-refractivity contribution in [2.75, 3.05) is 18.9 Å². The summed E-state index contributed by atoms with van der Waals surface area (Å²) >= 11 is 0. The first-order chi connectivity index (χ1) is 12.5. The molecule has 0 saturated heterocycles. The van der Waals surface area contributed by atoms with Crippen molar-refractivity contribution in [2.24, 2.45) is 4.99 Å². The molecule has 136 valence electrons. The molecule has 0 aliphatic heterocycles. The molecule has 0 radical (unpaired) electrons. The maximum atomic E-state index is 11.8. The summed E-state index contributed by atoms with van der Waals surface area (Å²) in [7, 11) is -1.87. The number of benzene rings is 2. The number of aromatic amines is 1. The second-order valence-corrected chi connectivity index (χ2v) is 8.01. The number of anilines is 1. The zero-order valence-electron chi connectivity index (χ0n) is 14.6. The van der Waals surface area contributed by atoms with Crippen molar-refractivity contribution in [2.45, 2.75) is 11.8 Å². The number of aromatic nitrogens is 1. The minimum absolute atomic E-state index is 0.0418. The largest absolute Gasteiger partial charge is 0.375 e. The van der Waals surface area contributed by atoms with Crippen LogP contribution in [-0.4, -0.2) is 33.7 Å². The van der Waals surface area contributed by atoms with Crippen LogP contribution in [0.3, 0.4) is 0 Å². The van der Waals surface area contributed by atoms with E-state index < -0.39 is 10.0 Å². The predicted octanol–water partition coefficient (Wildman–Crippen LogP) is 3.07. The van der Waals surface area contributed by atoms with Crippen molar-refractivity contribution in [3.8, 4) is 0 Å². The first kappa shape index (κ1) is 18.2. The summed E-state index contributed by atoms with van der Waals surface area (Å²) in [5.74, 6) is -0.0418. The Kier molecular flexibility index (Phi) is 5.39. The SMILES string of the molecule is C=NCC(Nc1ccccc1)c1cc2cc(CS(=O)(=O)NC)ccc2[nH]1. The van der Waals surface area contributed by atoms with E-state index >= 15 is 0 Å². The standard InChI is InChI=1S/C19H22N4O2S/c1-20-12-19(22-16-6-4-3-5-7-16)18-11-15-10-14(8-9-17(15)23-18)13-26(24,25)21-2/h3-11,19,21-23H,1,12-13H2,2H3. The van der Waals surface area contributed by atoms with Crippen LogP contribution in [0.2, 0.25) is 0 Å². The molecule has 0 saturated carbocycles. The van der Waals surface area contributed by atoms with Crippen molar-refractivity contribution in [1.29, 1.82) is 0 Å². The molecule has 0 spiro atoms. The Labute approximate surface area is 153 Å². The van der Waals surface area contributed by atoms with Gasteiger partial charge in [0, 0.05) is 22.3 Å². The zero-order valence-corrected chi connectivity index (χ0v) is 15.4. The number of nitrogens with one attached hydrogen (secondary N) is 3. The number of H-pyrrole nitrogens is 1. The van der Waals surface area contributed by atoms with E-state index in [-0.39, 0.29) is 11.8 Å². The molecular weight excluding hydrogens is 348 g/mol. The lowest BCUT2D eigenvalue weighted by Crippen LogP contribution is -2.20. The van der Waals surface area contributed by atoms with E-state index in [1.807, 2.05) is 54.6 Å². The highest BCUT2D eigenvalue weighted by atomic mass is 32.2. The second-order valence-electron chi connectivity index (χ2n) is 6.08. The number of nitrogens with zero attached hydrogens (tertiary/aromatic N) is 1. The van der Waals surface area contributed by atoms with Gasteiger partial charge in [-0.15, -0.1) is 0 Å². The summed E-state index contributed by atoms with van der Waals surface area (Å²) in [6, 6.07) is 17.5. The number of rotatable bonds is 8. The van der Waals surface area contributed by atoms with Gasteiger partial charge in [0.25, 0.3) is 0 Å². The topological polar surface area (TPSA) is 86.3 Å². The number of para-hydroxylation sites is 1. The summed E-state index contributed by atoms with van der Waals surface area (Å²) in [6.07, 6.45) is 0. The van der Waals surface area contributed by atoms with Gasteiger partial charge in [0.1, 0.15) is 0 Å². The number of fused-ring (bicyclic) bond motifs is 1. The van der Waals surface area contributed by atoms with Crippen LogP contribution < -0.4 is 10.0 Å². The van der Waals surface area contributed by atoms with Crippen molar-refractivity contribution >= 4 is 33.3 Å². The minimum Gasteiger partial charge on any atom is -0.375 e. The second kappa shape index (κ2) is 7.72. The molecule has 1 heterocycles. The highest BCUT2D eigenvalue weighted by Crippen LogP contribution is 2.25. The number of aliphatic imine (C=N–C) groups is 1. The molecule has 7 heteroatoms. The third kappa shape index (κ3) is 4.30. The number of hydrogen-bond acceptors (Lipinski definition) is 4. The van der Waals surface area contributed by atoms with E-state index in [4.69, 9.17) is 0 Å².